The molecule has 0 bridgehead atoms. The number of H-pyrrole nitrogens is 1. The number of carbonyl (C=O) groups excluding carboxylic acids is 1. The first kappa shape index (κ1) is 20.8. The molecule has 0 aliphatic heterocycles. The summed E-state index contributed by atoms with van der Waals surface area (Å²) in [5, 5.41) is 2.74. The van der Waals surface area contributed by atoms with E-state index in [1.165, 1.54) is 30.0 Å². The summed E-state index contributed by atoms with van der Waals surface area (Å²) in [5.41, 5.74) is 4.87. The third-order valence-corrected chi connectivity index (χ3v) is 5.98. The number of nitrogens with zero attached hydrogens (tertiary/aromatic N) is 1. The van der Waals surface area contributed by atoms with Gasteiger partial charge in [0.15, 0.2) is 0 Å². The summed E-state index contributed by atoms with van der Waals surface area (Å²) in [6.45, 7) is 4.02. The summed E-state index contributed by atoms with van der Waals surface area (Å²) < 4.78 is 13.3. The quantitative estimate of drug-likeness (QED) is 0.423. The third-order valence-electron chi connectivity index (χ3n) is 4.95. The Labute approximate surface area is 182 Å². The van der Waals surface area contributed by atoms with E-state index in [1.54, 1.807) is 18.2 Å². The first-order chi connectivity index (χ1) is 14.9. The van der Waals surface area contributed by atoms with Gasteiger partial charge in [-0.3, -0.25) is 9.59 Å². The number of nitrogens with one attached hydrogen (secondary N) is 2. The molecular formula is C24H20FN3O2S. The molecule has 7 heteroatoms. The van der Waals surface area contributed by atoms with Crippen LogP contribution in [-0.2, 0) is 5.75 Å². The number of hydrogen-bond donors (Lipinski definition) is 2. The highest BCUT2D eigenvalue weighted by molar-refractivity contribution is 7.98. The van der Waals surface area contributed by atoms with Gasteiger partial charge < -0.3 is 10.3 Å². The number of aromatic amines is 1. The van der Waals surface area contributed by atoms with Gasteiger partial charge in [0.25, 0.3) is 11.5 Å². The molecule has 0 saturated heterocycles. The molecular weight excluding hydrogens is 413 g/mol. The maximum absolute atomic E-state index is 13.3. The number of fused-ring (bicyclic) bond motifs is 1. The molecule has 0 unspecified atom stereocenters. The number of benzene rings is 3. The van der Waals surface area contributed by atoms with Crippen LogP contribution >= 0.6 is 11.8 Å². The Hall–Kier alpha value is -3.45. The van der Waals surface area contributed by atoms with Crippen molar-refractivity contribution in [2.24, 2.45) is 0 Å². The fourth-order valence-corrected chi connectivity index (χ4v) is 3.93. The molecule has 1 aromatic heterocycles. The zero-order valence-electron chi connectivity index (χ0n) is 17.0. The van der Waals surface area contributed by atoms with Crippen molar-refractivity contribution in [2.75, 3.05) is 5.32 Å². The van der Waals surface area contributed by atoms with Crippen molar-refractivity contribution in [3.63, 3.8) is 0 Å². The van der Waals surface area contributed by atoms with Crippen LogP contribution in [0.2, 0.25) is 0 Å². The fraction of sp³-hybridized carbons (Fsp3) is 0.125. The number of aryl methyl sites for hydroxylation is 2. The molecule has 3 aromatic carbocycles. The van der Waals surface area contributed by atoms with Gasteiger partial charge in [-0.2, -0.15) is 0 Å². The molecule has 2 N–H and O–H groups in total. The predicted octanol–water partition coefficient (Wildman–Crippen LogP) is 5.22. The second kappa shape index (κ2) is 8.73. The molecule has 0 radical (unpaired) electrons. The van der Waals surface area contributed by atoms with Gasteiger partial charge in [-0.1, -0.05) is 6.07 Å². The number of hydrogen-bond acceptors (Lipinski definition) is 4. The predicted molar refractivity (Wildman–Crippen MR) is 122 cm³/mol. The van der Waals surface area contributed by atoms with Gasteiger partial charge in [0, 0.05) is 21.9 Å². The number of rotatable bonds is 5. The molecule has 4 aromatic rings. The van der Waals surface area contributed by atoms with Crippen LogP contribution in [0.25, 0.3) is 11.0 Å². The minimum atomic E-state index is -0.456. The summed E-state index contributed by atoms with van der Waals surface area (Å²) in [6.07, 6.45) is 0. The van der Waals surface area contributed by atoms with Crippen LogP contribution in [0.1, 0.15) is 27.2 Å². The van der Waals surface area contributed by atoms with E-state index in [0.717, 1.165) is 27.1 Å². The molecule has 5 nitrogen and oxygen atoms in total. The lowest BCUT2D eigenvalue weighted by Crippen LogP contribution is -2.14. The lowest BCUT2D eigenvalue weighted by molar-refractivity contribution is 0.102. The van der Waals surface area contributed by atoms with Crippen LogP contribution in [0.4, 0.5) is 10.1 Å². The highest BCUT2D eigenvalue weighted by Gasteiger charge is 2.09. The topological polar surface area (TPSA) is 74.8 Å². The van der Waals surface area contributed by atoms with Gasteiger partial charge in [-0.15, -0.1) is 11.8 Å². The molecule has 4 rings (SSSR count). The first-order valence-corrected chi connectivity index (χ1v) is 10.7. The minimum absolute atomic E-state index is 0.192. The highest BCUT2D eigenvalue weighted by Crippen LogP contribution is 2.24. The van der Waals surface area contributed by atoms with Crippen molar-refractivity contribution >= 4 is 34.4 Å². The Morgan fingerprint density at radius 1 is 1.06 bits per heavy atom. The Kier molecular flexibility index (Phi) is 5.86. The van der Waals surface area contributed by atoms with Gasteiger partial charge in [0.1, 0.15) is 11.5 Å². The summed E-state index contributed by atoms with van der Waals surface area (Å²) in [6, 6.07) is 16.7. The van der Waals surface area contributed by atoms with Gasteiger partial charge in [-0.05, 0) is 79.6 Å². The number of amides is 1. The van der Waals surface area contributed by atoms with Crippen LogP contribution in [0.3, 0.4) is 0 Å². The molecule has 1 heterocycles. The standard InChI is InChI=1S/C24H20FN3O2S/c1-14-10-20-21(11-15(14)2)28-24(30)22(27-20)13-31-19-8-6-18(7-9-19)26-23(29)16-4-3-5-17(25)12-16/h3-12H,13H2,1-2H3,(H,26,29)(H,28,30). The van der Waals surface area contributed by atoms with E-state index in [0.29, 0.717) is 17.1 Å². The molecule has 0 aliphatic carbocycles. The average Bonchev–Trinajstić information content (AvgIpc) is 2.74. The number of aromatic nitrogens is 2. The number of halogens is 1. The van der Waals surface area contributed by atoms with Crippen molar-refractivity contribution in [3.8, 4) is 0 Å². The Bertz CT molecular complexity index is 1330. The number of carbonyl (C=O) groups is 1. The van der Waals surface area contributed by atoms with E-state index >= 15 is 0 Å². The third kappa shape index (κ3) is 4.83. The molecule has 0 spiro atoms. The smallest absolute Gasteiger partial charge is 0.271 e. The monoisotopic (exact) mass is 433 g/mol. The van der Waals surface area contributed by atoms with Crippen molar-refractivity contribution in [2.45, 2.75) is 24.5 Å². The number of thioether (sulfide) groups is 1. The molecule has 0 saturated carbocycles. The van der Waals surface area contributed by atoms with Gasteiger partial charge in [-0.25, -0.2) is 9.37 Å². The molecule has 1 amide bonds. The summed E-state index contributed by atoms with van der Waals surface area (Å²) in [7, 11) is 0. The first-order valence-electron chi connectivity index (χ1n) is 9.69. The van der Waals surface area contributed by atoms with E-state index < -0.39 is 5.82 Å². The van der Waals surface area contributed by atoms with E-state index in [2.05, 4.69) is 15.3 Å². The Balaban J connectivity index is 1.44. The number of anilines is 1. The Morgan fingerprint density at radius 3 is 2.55 bits per heavy atom. The highest BCUT2D eigenvalue weighted by atomic mass is 32.2. The maximum Gasteiger partial charge on any atom is 0.271 e. The summed E-state index contributed by atoms with van der Waals surface area (Å²) in [4.78, 5) is 33.0. The molecule has 31 heavy (non-hydrogen) atoms. The average molecular weight is 434 g/mol. The van der Waals surface area contributed by atoms with Gasteiger partial charge in [0.05, 0.1) is 11.0 Å². The van der Waals surface area contributed by atoms with Crippen molar-refractivity contribution in [1.29, 1.82) is 0 Å². The zero-order valence-corrected chi connectivity index (χ0v) is 17.8. The summed E-state index contributed by atoms with van der Waals surface area (Å²) in [5.74, 6) is -0.410. The van der Waals surface area contributed by atoms with E-state index in [1.807, 2.05) is 38.1 Å². The van der Waals surface area contributed by atoms with Crippen LogP contribution in [0.5, 0.6) is 0 Å². The van der Waals surface area contributed by atoms with Gasteiger partial charge >= 0.3 is 0 Å². The SMILES string of the molecule is Cc1cc2nc(CSc3ccc(NC(=O)c4cccc(F)c4)cc3)c(=O)[nH]c2cc1C. The zero-order chi connectivity index (χ0) is 22.0. The van der Waals surface area contributed by atoms with E-state index in [4.69, 9.17) is 0 Å². The van der Waals surface area contributed by atoms with Gasteiger partial charge in [0.2, 0.25) is 0 Å². The second-order valence-electron chi connectivity index (χ2n) is 7.24. The molecule has 0 atom stereocenters. The van der Waals surface area contributed by atoms with Crippen molar-refractivity contribution < 1.29 is 9.18 Å². The lowest BCUT2D eigenvalue weighted by Gasteiger charge is -2.08. The van der Waals surface area contributed by atoms with Crippen molar-refractivity contribution in [1.82, 2.24) is 9.97 Å². The largest absolute Gasteiger partial charge is 0.322 e. The lowest BCUT2D eigenvalue weighted by atomic mass is 10.1. The minimum Gasteiger partial charge on any atom is -0.322 e. The molecule has 156 valence electrons. The Morgan fingerprint density at radius 2 is 1.81 bits per heavy atom. The maximum atomic E-state index is 13.3. The van der Waals surface area contributed by atoms with Crippen LogP contribution in [-0.4, -0.2) is 15.9 Å². The molecule has 0 aliphatic rings. The second-order valence-corrected chi connectivity index (χ2v) is 8.29. The summed E-state index contributed by atoms with van der Waals surface area (Å²) >= 11 is 1.48. The van der Waals surface area contributed by atoms with E-state index in [-0.39, 0.29) is 17.0 Å². The normalized spacial score (nSPS) is 10.9. The fourth-order valence-electron chi connectivity index (χ4n) is 3.10. The van der Waals surface area contributed by atoms with E-state index in [9.17, 15) is 14.0 Å². The van der Waals surface area contributed by atoms with Crippen molar-refractivity contribution in [3.05, 3.63) is 99.2 Å². The molecule has 0 fully saturated rings. The van der Waals surface area contributed by atoms with Crippen LogP contribution in [0, 0.1) is 19.7 Å². The van der Waals surface area contributed by atoms with Crippen LogP contribution < -0.4 is 10.9 Å². The van der Waals surface area contributed by atoms with Crippen LogP contribution in [0.15, 0.2) is 70.4 Å².